The number of rotatable bonds is 6. The molecule has 0 saturated heterocycles. The van der Waals surface area contributed by atoms with Crippen LogP contribution in [0.25, 0.3) is 0 Å². The molecule has 0 aliphatic rings. The SMILES string of the molecule is CCCOc1ccc(NC(=O)NC(=O)CCCl)cc1. The number of carbonyl (C=O) groups excluding carboxylic acids is 2. The molecule has 3 amide bonds. The van der Waals surface area contributed by atoms with Crippen LogP contribution in [-0.2, 0) is 4.79 Å². The van der Waals surface area contributed by atoms with Crippen LogP contribution in [0.15, 0.2) is 24.3 Å². The minimum Gasteiger partial charge on any atom is -0.494 e. The molecule has 0 fully saturated rings. The summed E-state index contributed by atoms with van der Waals surface area (Å²) in [5.74, 6) is 0.518. The van der Waals surface area contributed by atoms with Crippen LogP contribution in [-0.4, -0.2) is 24.4 Å². The van der Waals surface area contributed by atoms with E-state index in [0.29, 0.717) is 12.3 Å². The smallest absolute Gasteiger partial charge is 0.325 e. The summed E-state index contributed by atoms with van der Waals surface area (Å²) in [6.45, 7) is 2.68. The van der Waals surface area contributed by atoms with Crippen molar-refractivity contribution in [3.63, 3.8) is 0 Å². The standard InChI is InChI=1S/C13H17ClN2O3/c1-2-9-19-11-5-3-10(4-6-11)15-13(18)16-12(17)7-8-14/h3-6H,2,7-9H2,1H3,(H2,15,16,17,18). The average Bonchev–Trinajstić information content (AvgIpc) is 2.38. The van der Waals surface area contributed by atoms with Gasteiger partial charge in [-0.3, -0.25) is 10.1 Å². The second-order valence-corrected chi connectivity index (χ2v) is 4.19. The van der Waals surface area contributed by atoms with E-state index in [1.54, 1.807) is 24.3 Å². The normalized spacial score (nSPS) is 9.79. The summed E-state index contributed by atoms with van der Waals surface area (Å²) in [7, 11) is 0. The van der Waals surface area contributed by atoms with Crippen LogP contribution >= 0.6 is 11.6 Å². The number of hydrogen-bond acceptors (Lipinski definition) is 3. The number of anilines is 1. The second-order valence-electron chi connectivity index (χ2n) is 3.81. The summed E-state index contributed by atoms with van der Waals surface area (Å²) in [5, 5.41) is 4.72. The number of halogens is 1. The van der Waals surface area contributed by atoms with Gasteiger partial charge in [0.2, 0.25) is 5.91 Å². The van der Waals surface area contributed by atoms with Crippen molar-refractivity contribution in [2.75, 3.05) is 17.8 Å². The van der Waals surface area contributed by atoms with E-state index in [1.807, 2.05) is 6.92 Å². The number of ether oxygens (including phenoxy) is 1. The molecule has 19 heavy (non-hydrogen) atoms. The van der Waals surface area contributed by atoms with Crippen LogP contribution in [0, 0.1) is 0 Å². The van der Waals surface area contributed by atoms with Crippen molar-refractivity contribution >= 4 is 29.2 Å². The van der Waals surface area contributed by atoms with Crippen LogP contribution in [0.4, 0.5) is 10.5 Å². The maximum absolute atomic E-state index is 11.4. The van der Waals surface area contributed by atoms with Crippen LogP contribution in [0.1, 0.15) is 19.8 Å². The minimum atomic E-state index is -0.572. The fourth-order valence-electron chi connectivity index (χ4n) is 1.29. The molecule has 6 heteroatoms. The van der Waals surface area contributed by atoms with Gasteiger partial charge in [-0.25, -0.2) is 4.79 Å². The lowest BCUT2D eigenvalue weighted by Gasteiger charge is -2.08. The third-order valence-corrected chi connectivity index (χ3v) is 2.35. The van der Waals surface area contributed by atoms with Gasteiger partial charge < -0.3 is 10.1 Å². The van der Waals surface area contributed by atoms with E-state index in [-0.39, 0.29) is 12.3 Å². The largest absolute Gasteiger partial charge is 0.494 e. The molecule has 0 heterocycles. The van der Waals surface area contributed by atoms with Crippen molar-refractivity contribution in [1.82, 2.24) is 5.32 Å². The van der Waals surface area contributed by atoms with Gasteiger partial charge in [0.05, 0.1) is 6.61 Å². The van der Waals surface area contributed by atoms with Crippen LogP contribution in [0.3, 0.4) is 0 Å². The molecule has 0 atom stereocenters. The number of nitrogens with one attached hydrogen (secondary N) is 2. The van der Waals surface area contributed by atoms with Crippen molar-refractivity contribution in [3.05, 3.63) is 24.3 Å². The highest BCUT2D eigenvalue weighted by Gasteiger charge is 2.07. The zero-order valence-electron chi connectivity index (χ0n) is 10.7. The molecule has 104 valence electrons. The summed E-state index contributed by atoms with van der Waals surface area (Å²) in [6.07, 6.45) is 1.05. The Labute approximate surface area is 117 Å². The summed E-state index contributed by atoms with van der Waals surface area (Å²) in [6, 6.07) is 6.35. The number of imide groups is 1. The predicted molar refractivity (Wildman–Crippen MR) is 74.7 cm³/mol. The highest BCUT2D eigenvalue weighted by Crippen LogP contribution is 2.15. The number of benzene rings is 1. The Balaban J connectivity index is 2.44. The summed E-state index contributed by atoms with van der Waals surface area (Å²) >= 11 is 5.39. The lowest BCUT2D eigenvalue weighted by Crippen LogP contribution is -2.34. The Bertz CT molecular complexity index is 420. The maximum atomic E-state index is 11.4. The predicted octanol–water partition coefficient (Wildman–Crippen LogP) is 2.75. The molecule has 0 saturated carbocycles. The van der Waals surface area contributed by atoms with E-state index in [4.69, 9.17) is 16.3 Å². The number of amides is 3. The summed E-state index contributed by atoms with van der Waals surface area (Å²) in [4.78, 5) is 22.6. The molecule has 0 aliphatic carbocycles. The molecule has 0 aliphatic heterocycles. The molecule has 0 aromatic heterocycles. The molecular weight excluding hydrogens is 268 g/mol. The maximum Gasteiger partial charge on any atom is 0.325 e. The van der Waals surface area contributed by atoms with E-state index in [1.165, 1.54) is 0 Å². The van der Waals surface area contributed by atoms with Crippen molar-refractivity contribution in [1.29, 1.82) is 0 Å². The molecular formula is C13H17ClN2O3. The van der Waals surface area contributed by atoms with Gasteiger partial charge in [-0.1, -0.05) is 6.92 Å². The van der Waals surface area contributed by atoms with Gasteiger partial charge in [0.15, 0.2) is 0 Å². The number of alkyl halides is 1. The molecule has 0 spiro atoms. The molecule has 1 aromatic rings. The molecule has 1 aromatic carbocycles. The van der Waals surface area contributed by atoms with Gasteiger partial charge in [0.1, 0.15) is 5.75 Å². The Hall–Kier alpha value is -1.75. The van der Waals surface area contributed by atoms with Crippen LogP contribution in [0.5, 0.6) is 5.75 Å². The second kappa shape index (κ2) is 8.37. The highest BCUT2D eigenvalue weighted by molar-refractivity contribution is 6.19. The first kappa shape index (κ1) is 15.3. The zero-order chi connectivity index (χ0) is 14.1. The van der Waals surface area contributed by atoms with Crippen molar-refractivity contribution in [2.45, 2.75) is 19.8 Å². The number of carbonyl (C=O) groups is 2. The lowest BCUT2D eigenvalue weighted by atomic mass is 10.3. The van der Waals surface area contributed by atoms with E-state index < -0.39 is 11.9 Å². The van der Waals surface area contributed by atoms with Gasteiger partial charge in [0, 0.05) is 18.0 Å². The number of hydrogen-bond donors (Lipinski definition) is 2. The van der Waals surface area contributed by atoms with Gasteiger partial charge in [-0.15, -0.1) is 11.6 Å². The fraction of sp³-hybridized carbons (Fsp3) is 0.385. The molecule has 0 unspecified atom stereocenters. The summed E-state index contributed by atoms with van der Waals surface area (Å²) < 4.78 is 5.41. The van der Waals surface area contributed by atoms with Crippen molar-refractivity contribution in [2.24, 2.45) is 0 Å². The van der Waals surface area contributed by atoms with E-state index in [2.05, 4.69) is 10.6 Å². The van der Waals surface area contributed by atoms with E-state index in [0.717, 1.165) is 12.2 Å². The fourth-order valence-corrected chi connectivity index (χ4v) is 1.46. The highest BCUT2D eigenvalue weighted by atomic mass is 35.5. The van der Waals surface area contributed by atoms with Crippen LogP contribution in [0.2, 0.25) is 0 Å². The molecule has 1 rings (SSSR count). The first-order valence-corrected chi connectivity index (χ1v) is 6.58. The van der Waals surface area contributed by atoms with Gasteiger partial charge >= 0.3 is 6.03 Å². The van der Waals surface area contributed by atoms with E-state index >= 15 is 0 Å². The minimum absolute atomic E-state index is 0.110. The average molecular weight is 285 g/mol. The van der Waals surface area contributed by atoms with Gasteiger partial charge in [-0.2, -0.15) is 0 Å². The topological polar surface area (TPSA) is 67.4 Å². The Kier molecular flexibility index (Phi) is 6.74. The first-order valence-electron chi connectivity index (χ1n) is 6.05. The lowest BCUT2D eigenvalue weighted by molar-refractivity contribution is -0.119. The molecule has 5 nitrogen and oxygen atoms in total. The van der Waals surface area contributed by atoms with E-state index in [9.17, 15) is 9.59 Å². The van der Waals surface area contributed by atoms with Gasteiger partial charge in [-0.05, 0) is 30.7 Å². The number of urea groups is 1. The zero-order valence-corrected chi connectivity index (χ0v) is 11.5. The summed E-state index contributed by atoms with van der Waals surface area (Å²) in [5.41, 5.74) is 0.583. The third kappa shape index (κ3) is 6.10. The van der Waals surface area contributed by atoms with Crippen molar-refractivity contribution < 1.29 is 14.3 Å². The van der Waals surface area contributed by atoms with Gasteiger partial charge in [0.25, 0.3) is 0 Å². The quantitative estimate of drug-likeness (QED) is 0.789. The van der Waals surface area contributed by atoms with Crippen molar-refractivity contribution in [3.8, 4) is 5.75 Å². The Morgan fingerprint density at radius 2 is 1.95 bits per heavy atom. The third-order valence-electron chi connectivity index (χ3n) is 2.16. The monoisotopic (exact) mass is 284 g/mol. The molecule has 0 bridgehead atoms. The molecule has 0 radical (unpaired) electrons. The Morgan fingerprint density at radius 3 is 2.53 bits per heavy atom. The first-order chi connectivity index (χ1) is 9.15. The molecule has 2 N–H and O–H groups in total. The van der Waals surface area contributed by atoms with Crippen LogP contribution < -0.4 is 15.4 Å². The Morgan fingerprint density at radius 1 is 1.26 bits per heavy atom.